The predicted octanol–water partition coefficient (Wildman–Crippen LogP) is 2.87. The second-order valence-corrected chi connectivity index (χ2v) is 8.79. The maximum atomic E-state index is 13.5. The minimum absolute atomic E-state index is 0.00344. The third-order valence-corrected chi connectivity index (χ3v) is 5.88. The van der Waals surface area contributed by atoms with Crippen molar-refractivity contribution in [1.82, 2.24) is 28.7 Å². The van der Waals surface area contributed by atoms with Crippen molar-refractivity contribution in [2.24, 2.45) is 0 Å². The van der Waals surface area contributed by atoms with E-state index in [1.807, 2.05) is 61.8 Å². The van der Waals surface area contributed by atoms with Gasteiger partial charge in [-0.25, -0.2) is 9.97 Å². The van der Waals surface area contributed by atoms with Crippen LogP contribution in [0.1, 0.15) is 35.9 Å². The van der Waals surface area contributed by atoms with E-state index < -0.39 is 0 Å². The lowest BCUT2D eigenvalue weighted by atomic mass is 10.2. The zero-order chi connectivity index (χ0) is 22.1. The summed E-state index contributed by atoms with van der Waals surface area (Å²) >= 11 is 6.26. The molecular weight excluding hydrogens is 416 g/mol. The van der Waals surface area contributed by atoms with E-state index in [2.05, 4.69) is 19.4 Å². The van der Waals surface area contributed by atoms with Crippen LogP contribution < -0.4 is 0 Å². The van der Waals surface area contributed by atoms with Crippen LogP contribution in [0, 0.1) is 6.92 Å². The first-order valence-corrected chi connectivity index (χ1v) is 11.0. The van der Waals surface area contributed by atoms with Crippen LogP contribution in [-0.2, 0) is 17.8 Å². The average molecular weight is 445 g/mol. The molecule has 1 saturated heterocycles. The molecule has 0 N–H and O–H groups in total. The molecule has 0 radical (unpaired) electrons. The third-order valence-electron chi connectivity index (χ3n) is 5.66. The molecule has 4 heterocycles. The number of morpholine rings is 1. The van der Waals surface area contributed by atoms with Crippen LogP contribution in [0.3, 0.4) is 0 Å². The van der Waals surface area contributed by atoms with Crippen LogP contribution in [0.4, 0.5) is 0 Å². The van der Waals surface area contributed by atoms with Crippen LogP contribution in [-0.4, -0.2) is 73.5 Å². The van der Waals surface area contributed by atoms with Gasteiger partial charge in [0.05, 0.1) is 22.9 Å². The molecule has 3 aromatic heterocycles. The number of carbonyl (C=O) groups is 1. The van der Waals surface area contributed by atoms with Crippen molar-refractivity contribution in [1.29, 1.82) is 0 Å². The summed E-state index contributed by atoms with van der Waals surface area (Å²) in [5, 5.41) is 0.607. The SMILES string of the molecule is Cc1nccn1CCN(C)Cc1c(C(=O)N2C[C@@H](C)O[C@@H](C)C2)nc2ccc(Cl)cn12. The van der Waals surface area contributed by atoms with E-state index in [9.17, 15) is 4.79 Å². The number of imidazole rings is 2. The van der Waals surface area contributed by atoms with Crippen LogP contribution in [0.25, 0.3) is 5.65 Å². The summed E-state index contributed by atoms with van der Waals surface area (Å²) in [4.78, 5) is 26.5. The van der Waals surface area contributed by atoms with Crippen LogP contribution >= 0.6 is 11.6 Å². The van der Waals surface area contributed by atoms with E-state index in [0.717, 1.165) is 30.3 Å². The minimum Gasteiger partial charge on any atom is -0.372 e. The maximum Gasteiger partial charge on any atom is 0.274 e. The lowest BCUT2D eigenvalue weighted by molar-refractivity contribution is -0.0587. The Morgan fingerprint density at radius 3 is 2.71 bits per heavy atom. The van der Waals surface area contributed by atoms with Gasteiger partial charge in [-0.15, -0.1) is 0 Å². The normalized spacial score (nSPS) is 19.5. The quantitative estimate of drug-likeness (QED) is 0.584. The van der Waals surface area contributed by atoms with Crippen molar-refractivity contribution in [2.45, 2.75) is 46.1 Å². The standard InChI is InChI=1S/C22H29ClN6O2/c1-15-11-28(12-16(2)31-15)22(30)21-19(29-13-18(23)5-6-20(29)25-21)14-26(4)9-10-27-8-7-24-17(27)3/h5-8,13,15-16H,9-12,14H2,1-4H3/t15-,16+. The molecule has 1 aliphatic rings. The first kappa shape index (κ1) is 21.8. The highest BCUT2D eigenvalue weighted by atomic mass is 35.5. The Morgan fingerprint density at radius 1 is 1.29 bits per heavy atom. The van der Waals surface area contributed by atoms with Gasteiger partial charge in [0.15, 0.2) is 5.69 Å². The van der Waals surface area contributed by atoms with Gasteiger partial charge in [0.1, 0.15) is 11.5 Å². The molecule has 8 nitrogen and oxygen atoms in total. The van der Waals surface area contributed by atoms with Crippen molar-refractivity contribution in [2.75, 3.05) is 26.7 Å². The van der Waals surface area contributed by atoms with Crippen molar-refractivity contribution >= 4 is 23.2 Å². The molecule has 2 atom stereocenters. The van der Waals surface area contributed by atoms with E-state index in [4.69, 9.17) is 16.3 Å². The Hall–Kier alpha value is -2.42. The van der Waals surface area contributed by atoms with Crippen molar-refractivity contribution in [3.05, 3.63) is 53.0 Å². The molecule has 3 aromatic rings. The largest absolute Gasteiger partial charge is 0.372 e. The van der Waals surface area contributed by atoms with Gasteiger partial charge < -0.3 is 18.6 Å². The van der Waals surface area contributed by atoms with Crippen LogP contribution in [0.2, 0.25) is 5.02 Å². The van der Waals surface area contributed by atoms with Gasteiger partial charge in [-0.05, 0) is 40.0 Å². The number of pyridine rings is 1. The number of likely N-dealkylation sites (N-methyl/N-ethyl adjacent to an activating group) is 1. The van der Waals surface area contributed by atoms with Gasteiger partial charge >= 0.3 is 0 Å². The first-order chi connectivity index (χ1) is 14.8. The monoisotopic (exact) mass is 444 g/mol. The number of ether oxygens (including phenoxy) is 1. The van der Waals surface area contributed by atoms with E-state index in [1.54, 1.807) is 6.07 Å². The summed E-state index contributed by atoms with van der Waals surface area (Å²) in [6, 6.07) is 3.65. The molecule has 0 saturated carbocycles. The number of nitrogens with zero attached hydrogens (tertiary/aromatic N) is 6. The van der Waals surface area contributed by atoms with Crippen molar-refractivity contribution in [3.63, 3.8) is 0 Å². The number of hydrogen-bond donors (Lipinski definition) is 0. The van der Waals surface area contributed by atoms with Gasteiger partial charge in [0.2, 0.25) is 0 Å². The van der Waals surface area contributed by atoms with Gasteiger partial charge in [0, 0.05) is 51.3 Å². The second-order valence-electron chi connectivity index (χ2n) is 8.36. The fraction of sp³-hybridized carbons (Fsp3) is 0.500. The molecule has 0 aliphatic carbocycles. The molecule has 1 amide bonds. The number of rotatable bonds is 6. The molecule has 4 rings (SSSR count). The van der Waals surface area contributed by atoms with E-state index in [1.165, 1.54) is 0 Å². The zero-order valence-electron chi connectivity index (χ0n) is 18.5. The molecule has 0 aromatic carbocycles. The van der Waals surface area contributed by atoms with Crippen LogP contribution in [0.15, 0.2) is 30.7 Å². The summed E-state index contributed by atoms with van der Waals surface area (Å²) < 4.78 is 9.84. The topological polar surface area (TPSA) is 67.9 Å². The molecule has 0 spiro atoms. The Morgan fingerprint density at radius 2 is 2.03 bits per heavy atom. The first-order valence-electron chi connectivity index (χ1n) is 10.6. The molecule has 31 heavy (non-hydrogen) atoms. The minimum atomic E-state index is -0.0596. The second kappa shape index (κ2) is 8.98. The number of halogens is 1. The number of hydrogen-bond acceptors (Lipinski definition) is 5. The smallest absolute Gasteiger partial charge is 0.274 e. The molecule has 9 heteroatoms. The average Bonchev–Trinajstić information content (AvgIpc) is 3.28. The summed E-state index contributed by atoms with van der Waals surface area (Å²) in [6.07, 6.45) is 5.62. The summed E-state index contributed by atoms with van der Waals surface area (Å²) in [5.74, 6) is 0.928. The number of fused-ring (bicyclic) bond motifs is 1. The van der Waals surface area contributed by atoms with Crippen LogP contribution in [0.5, 0.6) is 0 Å². The summed E-state index contributed by atoms with van der Waals surface area (Å²) in [6.45, 7) is 9.31. The van der Waals surface area contributed by atoms with Crippen molar-refractivity contribution < 1.29 is 9.53 Å². The Labute approximate surface area is 187 Å². The van der Waals surface area contributed by atoms with Crippen molar-refractivity contribution in [3.8, 4) is 0 Å². The highest BCUT2D eigenvalue weighted by Crippen LogP contribution is 2.21. The van der Waals surface area contributed by atoms with E-state index in [-0.39, 0.29) is 18.1 Å². The van der Waals surface area contributed by atoms with E-state index in [0.29, 0.717) is 30.4 Å². The maximum absolute atomic E-state index is 13.5. The molecule has 0 unspecified atom stereocenters. The summed E-state index contributed by atoms with van der Waals surface area (Å²) in [5.41, 5.74) is 2.05. The lowest BCUT2D eigenvalue weighted by Gasteiger charge is -2.35. The number of aromatic nitrogens is 4. The number of aryl methyl sites for hydroxylation is 1. The predicted molar refractivity (Wildman–Crippen MR) is 119 cm³/mol. The lowest BCUT2D eigenvalue weighted by Crippen LogP contribution is -2.48. The molecule has 166 valence electrons. The Bertz CT molecular complexity index is 1070. The molecule has 1 fully saturated rings. The Balaban J connectivity index is 1.60. The molecule has 1 aliphatic heterocycles. The third kappa shape index (κ3) is 4.76. The van der Waals surface area contributed by atoms with Gasteiger partial charge in [-0.3, -0.25) is 9.69 Å². The fourth-order valence-electron chi connectivity index (χ4n) is 4.14. The van der Waals surface area contributed by atoms with Gasteiger partial charge in [-0.2, -0.15) is 0 Å². The Kier molecular flexibility index (Phi) is 6.31. The number of amides is 1. The highest BCUT2D eigenvalue weighted by molar-refractivity contribution is 6.30. The van der Waals surface area contributed by atoms with Gasteiger partial charge in [0.25, 0.3) is 5.91 Å². The molecular formula is C22H29ClN6O2. The van der Waals surface area contributed by atoms with Gasteiger partial charge in [-0.1, -0.05) is 11.6 Å². The summed E-state index contributed by atoms with van der Waals surface area (Å²) in [7, 11) is 2.04. The zero-order valence-corrected chi connectivity index (χ0v) is 19.2. The highest BCUT2D eigenvalue weighted by Gasteiger charge is 2.30. The fourth-order valence-corrected chi connectivity index (χ4v) is 4.30. The van der Waals surface area contributed by atoms with E-state index >= 15 is 0 Å². The number of carbonyl (C=O) groups excluding carboxylic acids is 1. The molecule has 0 bridgehead atoms.